The van der Waals surface area contributed by atoms with Crippen molar-refractivity contribution >= 4 is 5.97 Å². The van der Waals surface area contributed by atoms with E-state index >= 15 is 0 Å². The van der Waals surface area contributed by atoms with Gasteiger partial charge in [-0.05, 0) is 12.1 Å². The van der Waals surface area contributed by atoms with Gasteiger partial charge in [-0.1, -0.05) is 12.1 Å². The van der Waals surface area contributed by atoms with Gasteiger partial charge in [0.2, 0.25) is 0 Å². The highest BCUT2D eigenvalue weighted by Gasteiger charge is 2.07. The van der Waals surface area contributed by atoms with Crippen LogP contribution in [0.25, 0.3) is 0 Å². The molecule has 0 radical (unpaired) electrons. The lowest BCUT2D eigenvalue weighted by Gasteiger charge is -2.13. The molecule has 0 bridgehead atoms. The van der Waals surface area contributed by atoms with Gasteiger partial charge in [0, 0.05) is 13.1 Å². The number of carboxylic acid groups (broad SMARTS) is 1. The summed E-state index contributed by atoms with van der Waals surface area (Å²) in [6, 6.07) is 8.76. The number of carboxylic acids is 1. The van der Waals surface area contributed by atoms with E-state index in [1.54, 1.807) is 24.3 Å². The number of aliphatic hydroxyl groups is 1. The fraction of sp³-hybridized carbons (Fsp3) is 0.385. The van der Waals surface area contributed by atoms with Crippen LogP contribution in [-0.2, 0) is 4.79 Å². The molecule has 0 aliphatic heterocycles. The van der Waals surface area contributed by atoms with Crippen molar-refractivity contribution < 1.29 is 19.7 Å². The first-order chi connectivity index (χ1) is 9.13. The monoisotopic (exact) mass is 264 g/mol. The van der Waals surface area contributed by atoms with E-state index in [1.807, 2.05) is 6.07 Å². The Balaban J connectivity index is 2.28. The van der Waals surface area contributed by atoms with Crippen molar-refractivity contribution in [3.63, 3.8) is 0 Å². The molecule has 0 saturated heterocycles. The molecule has 0 fully saturated rings. The average molecular weight is 264 g/mol. The summed E-state index contributed by atoms with van der Waals surface area (Å²) in [6.07, 6.45) is -0.759. The molecule has 0 amide bonds. The molecule has 3 N–H and O–H groups in total. The summed E-state index contributed by atoms with van der Waals surface area (Å²) in [6.45, 7) is 0.571. The quantitative estimate of drug-likeness (QED) is 0.586. The fourth-order valence-electron chi connectivity index (χ4n) is 1.39. The Kier molecular flexibility index (Phi) is 6.36. The number of nitrogens with zero attached hydrogens (tertiary/aromatic N) is 1. The van der Waals surface area contributed by atoms with Crippen LogP contribution in [0.15, 0.2) is 24.3 Å². The number of hydrogen-bond donors (Lipinski definition) is 3. The van der Waals surface area contributed by atoms with Gasteiger partial charge in [0.05, 0.1) is 12.0 Å². The number of rotatable bonds is 8. The van der Waals surface area contributed by atoms with Crippen molar-refractivity contribution in [3.05, 3.63) is 29.8 Å². The summed E-state index contributed by atoms with van der Waals surface area (Å²) in [5.41, 5.74) is 0.411. The SMILES string of the molecule is N#Cc1ccccc1OCC(O)CNCCC(=O)O. The zero-order valence-corrected chi connectivity index (χ0v) is 10.4. The minimum Gasteiger partial charge on any atom is -0.489 e. The van der Waals surface area contributed by atoms with Gasteiger partial charge in [-0.15, -0.1) is 0 Å². The van der Waals surface area contributed by atoms with Crippen LogP contribution in [0.5, 0.6) is 5.75 Å². The van der Waals surface area contributed by atoms with Gasteiger partial charge in [0.25, 0.3) is 0 Å². The number of para-hydroxylation sites is 1. The molecule has 0 heterocycles. The zero-order chi connectivity index (χ0) is 14.1. The van der Waals surface area contributed by atoms with Gasteiger partial charge in [-0.25, -0.2) is 0 Å². The zero-order valence-electron chi connectivity index (χ0n) is 10.4. The van der Waals surface area contributed by atoms with Crippen molar-refractivity contribution in [2.45, 2.75) is 12.5 Å². The van der Waals surface area contributed by atoms with Gasteiger partial charge in [-0.2, -0.15) is 5.26 Å². The predicted octanol–water partition coefficient (Wildman–Crippen LogP) is 0.362. The first-order valence-electron chi connectivity index (χ1n) is 5.86. The van der Waals surface area contributed by atoms with Gasteiger partial charge < -0.3 is 20.3 Å². The Labute approximate surface area is 111 Å². The standard InChI is InChI=1S/C13H16N2O4/c14-7-10-3-1-2-4-12(10)19-9-11(16)8-15-6-5-13(17)18/h1-4,11,15-16H,5-6,8-9H2,(H,17,18). The molecular formula is C13H16N2O4. The third-order valence-electron chi connectivity index (χ3n) is 2.33. The molecule has 1 aromatic rings. The van der Waals surface area contributed by atoms with Crippen LogP contribution in [0.3, 0.4) is 0 Å². The van der Waals surface area contributed by atoms with E-state index in [9.17, 15) is 9.90 Å². The summed E-state index contributed by atoms with van der Waals surface area (Å²) >= 11 is 0. The van der Waals surface area contributed by atoms with E-state index in [0.717, 1.165) is 0 Å². The van der Waals surface area contributed by atoms with E-state index in [1.165, 1.54) is 0 Å². The maximum Gasteiger partial charge on any atom is 0.304 e. The second-order valence-corrected chi connectivity index (χ2v) is 3.92. The van der Waals surface area contributed by atoms with E-state index in [0.29, 0.717) is 17.9 Å². The van der Waals surface area contributed by atoms with Crippen LogP contribution in [0, 0.1) is 11.3 Å². The summed E-state index contributed by atoms with van der Waals surface area (Å²) in [4.78, 5) is 10.3. The number of ether oxygens (including phenoxy) is 1. The molecule has 19 heavy (non-hydrogen) atoms. The number of nitriles is 1. The summed E-state index contributed by atoms with van der Waals surface area (Å²) in [5, 5.41) is 29.7. The molecular weight excluding hydrogens is 248 g/mol. The highest BCUT2D eigenvalue weighted by Crippen LogP contribution is 2.16. The number of nitrogens with one attached hydrogen (secondary N) is 1. The number of benzene rings is 1. The minimum atomic E-state index is -0.888. The summed E-state index contributed by atoms with van der Waals surface area (Å²) in [7, 11) is 0. The van der Waals surface area contributed by atoms with Crippen molar-refractivity contribution in [2.75, 3.05) is 19.7 Å². The molecule has 0 aromatic heterocycles. The molecule has 0 saturated carbocycles. The second-order valence-electron chi connectivity index (χ2n) is 3.92. The highest BCUT2D eigenvalue weighted by atomic mass is 16.5. The molecule has 0 aliphatic rings. The van der Waals surface area contributed by atoms with E-state index in [2.05, 4.69) is 5.32 Å². The largest absolute Gasteiger partial charge is 0.489 e. The Hall–Kier alpha value is -2.10. The Morgan fingerprint density at radius 1 is 1.47 bits per heavy atom. The van der Waals surface area contributed by atoms with Gasteiger partial charge in [0.15, 0.2) is 0 Å². The van der Waals surface area contributed by atoms with Crippen LogP contribution in [0.2, 0.25) is 0 Å². The number of hydrogen-bond acceptors (Lipinski definition) is 5. The van der Waals surface area contributed by atoms with Gasteiger partial charge in [0.1, 0.15) is 24.5 Å². The summed E-state index contributed by atoms with van der Waals surface area (Å²) < 4.78 is 5.34. The smallest absolute Gasteiger partial charge is 0.304 e. The molecule has 6 nitrogen and oxygen atoms in total. The molecule has 6 heteroatoms. The number of aliphatic hydroxyl groups excluding tert-OH is 1. The Bertz CT molecular complexity index is 456. The number of aliphatic carboxylic acids is 1. The van der Waals surface area contributed by atoms with E-state index in [4.69, 9.17) is 15.1 Å². The van der Waals surface area contributed by atoms with Crippen LogP contribution >= 0.6 is 0 Å². The lowest BCUT2D eigenvalue weighted by molar-refractivity contribution is -0.136. The molecule has 0 spiro atoms. The van der Waals surface area contributed by atoms with Crippen LogP contribution in [0.1, 0.15) is 12.0 Å². The Morgan fingerprint density at radius 2 is 2.21 bits per heavy atom. The first kappa shape index (κ1) is 15.0. The van der Waals surface area contributed by atoms with E-state index in [-0.39, 0.29) is 19.6 Å². The maximum absolute atomic E-state index is 10.3. The van der Waals surface area contributed by atoms with Crippen LogP contribution < -0.4 is 10.1 Å². The molecule has 1 atom stereocenters. The van der Waals surface area contributed by atoms with Crippen molar-refractivity contribution in [1.29, 1.82) is 5.26 Å². The summed E-state index contributed by atoms with van der Waals surface area (Å²) in [5.74, 6) is -0.462. The third-order valence-corrected chi connectivity index (χ3v) is 2.33. The lowest BCUT2D eigenvalue weighted by Crippen LogP contribution is -2.32. The molecule has 1 rings (SSSR count). The Morgan fingerprint density at radius 3 is 2.89 bits per heavy atom. The average Bonchev–Trinajstić information content (AvgIpc) is 2.41. The van der Waals surface area contributed by atoms with E-state index < -0.39 is 12.1 Å². The predicted molar refractivity (Wildman–Crippen MR) is 67.8 cm³/mol. The van der Waals surface area contributed by atoms with Crippen molar-refractivity contribution in [2.24, 2.45) is 0 Å². The second kappa shape index (κ2) is 8.08. The van der Waals surface area contributed by atoms with Crippen molar-refractivity contribution in [3.8, 4) is 11.8 Å². The molecule has 102 valence electrons. The highest BCUT2D eigenvalue weighted by molar-refractivity contribution is 5.66. The minimum absolute atomic E-state index is 0.00480. The molecule has 1 unspecified atom stereocenters. The third kappa shape index (κ3) is 5.86. The first-order valence-corrected chi connectivity index (χ1v) is 5.86. The van der Waals surface area contributed by atoms with Crippen LogP contribution in [0.4, 0.5) is 0 Å². The fourth-order valence-corrected chi connectivity index (χ4v) is 1.39. The van der Waals surface area contributed by atoms with Gasteiger partial charge >= 0.3 is 5.97 Å². The van der Waals surface area contributed by atoms with Gasteiger partial charge in [-0.3, -0.25) is 4.79 Å². The molecule has 1 aromatic carbocycles. The topological polar surface area (TPSA) is 103 Å². The maximum atomic E-state index is 10.3. The van der Waals surface area contributed by atoms with Crippen LogP contribution in [-0.4, -0.2) is 42.0 Å². The normalized spacial score (nSPS) is 11.6. The van der Waals surface area contributed by atoms with Crippen molar-refractivity contribution in [1.82, 2.24) is 5.32 Å². The molecule has 0 aliphatic carbocycles. The number of carbonyl (C=O) groups is 1. The lowest BCUT2D eigenvalue weighted by atomic mass is 10.2.